The molecule has 0 aromatic heterocycles. The summed E-state index contributed by atoms with van der Waals surface area (Å²) in [5.41, 5.74) is 4.54. The third kappa shape index (κ3) is 3.88. The maximum Gasteiger partial charge on any atom is 0.230 e. The van der Waals surface area contributed by atoms with Crippen molar-refractivity contribution >= 4 is 18.3 Å². The van der Waals surface area contributed by atoms with Crippen molar-refractivity contribution in [2.24, 2.45) is 0 Å². The number of rotatable bonds is 6. The summed E-state index contributed by atoms with van der Waals surface area (Å²) in [5.74, 6) is 0.123. The zero-order valence-corrected chi connectivity index (χ0v) is 15.8. The highest BCUT2D eigenvalue weighted by Crippen LogP contribution is 2.32. The number of hydrogen-bond acceptors (Lipinski definition) is 2. The van der Waals surface area contributed by atoms with Crippen molar-refractivity contribution in [1.82, 2.24) is 10.6 Å². The molecule has 1 amide bonds. The Kier molecular flexibility index (Phi) is 6.63. The van der Waals surface area contributed by atoms with E-state index >= 15 is 0 Å². The highest BCUT2D eigenvalue weighted by Gasteiger charge is 2.36. The zero-order chi connectivity index (χ0) is 17.0. The van der Waals surface area contributed by atoms with Gasteiger partial charge in [0.25, 0.3) is 0 Å². The number of carbonyl (C=O) groups excluding carboxylic acids is 1. The molecule has 0 bridgehead atoms. The molecule has 3 nitrogen and oxygen atoms in total. The molecule has 1 aliphatic heterocycles. The third-order valence-electron chi connectivity index (χ3n) is 5.32. The van der Waals surface area contributed by atoms with Gasteiger partial charge in [0.05, 0.1) is 5.41 Å². The van der Waals surface area contributed by atoms with Crippen LogP contribution in [0.1, 0.15) is 48.9 Å². The van der Waals surface area contributed by atoms with E-state index in [2.05, 4.69) is 54.8 Å². The second-order valence-electron chi connectivity index (χ2n) is 6.54. The highest BCUT2D eigenvalue weighted by atomic mass is 35.5. The monoisotopic (exact) mass is 358 g/mol. The lowest BCUT2D eigenvalue weighted by Gasteiger charge is -2.31. The van der Waals surface area contributed by atoms with Crippen molar-refractivity contribution in [3.05, 3.63) is 70.8 Å². The Labute approximate surface area is 156 Å². The second kappa shape index (κ2) is 8.50. The molecule has 0 radical (unpaired) electrons. The van der Waals surface area contributed by atoms with Crippen LogP contribution in [-0.2, 0) is 29.8 Å². The number of amides is 1. The second-order valence-corrected chi connectivity index (χ2v) is 6.54. The van der Waals surface area contributed by atoms with E-state index in [0.717, 1.165) is 31.5 Å². The largest absolute Gasteiger partial charge is 0.351 e. The van der Waals surface area contributed by atoms with Crippen molar-refractivity contribution in [3.63, 3.8) is 0 Å². The lowest BCUT2D eigenvalue weighted by atomic mass is 9.75. The van der Waals surface area contributed by atoms with Gasteiger partial charge in [-0.1, -0.05) is 62.4 Å². The van der Waals surface area contributed by atoms with E-state index < -0.39 is 5.41 Å². The topological polar surface area (TPSA) is 41.1 Å². The zero-order valence-electron chi connectivity index (χ0n) is 15.0. The standard InChI is InChI=1S/C21H26N2O.ClH/c1-3-21(4-2,19-8-6-5-7-9-19)20(24)23-13-16-10-11-17-14-22-15-18(17)12-16;/h5-12,22H,3-4,13-15H2,1-2H3,(H,23,24);1H. The van der Waals surface area contributed by atoms with Crippen LogP contribution in [0, 0.1) is 0 Å². The summed E-state index contributed by atoms with van der Waals surface area (Å²) in [7, 11) is 0. The SMILES string of the molecule is CCC(CC)(C(=O)NCc1ccc2c(c1)CNC2)c1ccccc1.Cl. The maximum atomic E-state index is 13.0. The average molecular weight is 359 g/mol. The summed E-state index contributed by atoms with van der Waals surface area (Å²) in [6.07, 6.45) is 1.60. The summed E-state index contributed by atoms with van der Waals surface area (Å²) in [6.45, 7) is 6.65. The van der Waals surface area contributed by atoms with Crippen LogP contribution in [0.5, 0.6) is 0 Å². The quantitative estimate of drug-likeness (QED) is 0.816. The molecule has 134 valence electrons. The maximum absolute atomic E-state index is 13.0. The van der Waals surface area contributed by atoms with Gasteiger partial charge >= 0.3 is 0 Å². The molecular formula is C21H27ClN2O. The van der Waals surface area contributed by atoms with Crippen LogP contribution >= 0.6 is 12.4 Å². The fraction of sp³-hybridized carbons (Fsp3) is 0.381. The number of hydrogen-bond donors (Lipinski definition) is 2. The van der Waals surface area contributed by atoms with E-state index in [4.69, 9.17) is 0 Å². The van der Waals surface area contributed by atoms with Gasteiger partial charge in [0.15, 0.2) is 0 Å². The van der Waals surface area contributed by atoms with E-state index in [9.17, 15) is 4.79 Å². The van der Waals surface area contributed by atoms with Crippen LogP contribution in [0.4, 0.5) is 0 Å². The molecule has 0 spiro atoms. The first-order chi connectivity index (χ1) is 11.7. The van der Waals surface area contributed by atoms with Crippen LogP contribution in [0.2, 0.25) is 0 Å². The predicted octanol–water partition coefficient (Wildman–Crippen LogP) is 4.09. The van der Waals surface area contributed by atoms with Gasteiger partial charge in [0.2, 0.25) is 5.91 Å². The minimum Gasteiger partial charge on any atom is -0.351 e. The number of benzene rings is 2. The van der Waals surface area contributed by atoms with E-state index in [1.54, 1.807) is 0 Å². The molecular weight excluding hydrogens is 332 g/mol. The van der Waals surface area contributed by atoms with Crippen molar-refractivity contribution in [3.8, 4) is 0 Å². The van der Waals surface area contributed by atoms with Crippen molar-refractivity contribution < 1.29 is 4.79 Å². The summed E-state index contributed by atoms with van der Waals surface area (Å²) in [5, 5.41) is 6.53. The molecule has 2 aromatic rings. The fourth-order valence-electron chi connectivity index (χ4n) is 3.68. The van der Waals surface area contributed by atoms with E-state index in [-0.39, 0.29) is 18.3 Å². The van der Waals surface area contributed by atoms with Gasteiger partial charge in [-0.15, -0.1) is 12.4 Å². The van der Waals surface area contributed by atoms with Crippen LogP contribution in [-0.4, -0.2) is 5.91 Å². The van der Waals surface area contributed by atoms with Crippen molar-refractivity contribution in [2.45, 2.75) is 51.7 Å². The van der Waals surface area contributed by atoms with E-state index in [0.29, 0.717) is 6.54 Å². The molecule has 2 aromatic carbocycles. The fourth-order valence-corrected chi connectivity index (χ4v) is 3.68. The third-order valence-corrected chi connectivity index (χ3v) is 5.32. The Morgan fingerprint density at radius 3 is 2.40 bits per heavy atom. The predicted molar refractivity (Wildman–Crippen MR) is 105 cm³/mol. The Morgan fingerprint density at radius 1 is 1.04 bits per heavy atom. The molecule has 0 saturated heterocycles. The Bertz CT molecular complexity index is 711. The van der Waals surface area contributed by atoms with Gasteiger partial charge in [0, 0.05) is 19.6 Å². The van der Waals surface area contributed by atoms with Crippen LogP contribution in [0.3, 0.4) is 0 Å². The average Bonchev–Trinajstić information content (AvgIpc) is 3.10. The van der Waals surface area contributed by atoms with Crippen LogP contribution in [0.25, 0.3) is 0 Å². The van der Waals surface area contributed by atoms with Crippen LogP contribution in [0.15, 0.2) is 48.5 Å². The molecule has 1 aliphatic rings. The van der Waals surface area contributed by atoms with Gasteiger partial charge < -0.3 is 10.6 Å². The summed E-state index contributed by atoms with van der Waals surface area (Å²) >= 11 is 0. The molecule has 3 rings (SSSR count). The number of carbonyl (C=O) groups is 1. The highest BCUT2D eigenvalue weighted by molar-refractivity contribution is 5.88. The van der Waals surface area contributed by atoms with E-state index in [1.165, 1.54) is 16.7 Å². The summed E-state index contributed by atoms with van der Waals surface area (Å²) < 4.78 is 0. The van der Waals surface area contributed by atoms with Gasteiger partial charge in [-0.3, -0.25) is 4.79 Å². The first-order valence-corrected chi connectivity index (χ1v) is 8.85. The Morgan fingerprint density at radius 2 is 1.72 bits per heavy atom. The Hall–Kier alpha value is -1.84. The number of nitrogens with one attached hydrogen (secondary N) is 2. The van der Waals surface area contributed by atoms with Gasteiger partial charge in [-0.25, -0.2) is 0 Å². The summed E-state index contributed by atoms with van der Waals surface area (Å²) in [4.78, 5) is 13.0. The molecule has 2 N–H and O–H groups in total. The van der Waals surface area contributed by atoms with Crippen LogP contribution < -0.4 is 10.6 Å². The van der Waals surface area contributed by atoms with Gasteiger partial charge in [-0.2, -0.15) is 0 Å². The van der Waals surface area contributed by atoms with Crippen molar-refractivity contribution in [2.75, 3.05) is 0 Å². The van der Waals surface area contributed by atoms with Gasteiger partial charge in [-0.05, 0) is 35.1 Å². The van der Waals surface area contributed by atoms with E-state index in [1.807, 2.05) is 18.2 Å². The molecule has 0 fully saturated rings. The Balaban J connectivity index is 0.00000225. The molecule has 0 unspecified atom stereocenters. The van der Waals surface area contributed by atoms with Gasteiger partial charge in [0.1, 0.15) is 0 Å². The molecule has 4 heteroatoms. The molecule has 0 saturated carbocycles. The minimum atomic E-state index is -0.445. The molecule has 0 atom stereocenters. The first-order valence-electron chi connectivity index (χ1n) is 8.85. The summed E-state index contributed by atoms with van der Waals surface area (Å²) in [6, 6.07) is 16.6. The molecule has 1 heterocycles. The lowest BCUT2D eigenvalue weighted by molar-refractivity contribution is -0.127. The molecule has 0 aliphatic carbocycles. The smallest absolute Gasteiger partial charge is 0.230 e. The lowest BCUT2D eigenvalue weighted by Crippen LogP contribution is -2.43. The number of halogens is 1. The molecule has 25 heavy (non-hydrogen) atoms. The number of fused-ring (bicyclic) bond motifs is 1. The normalized spacial score (nSPS) is 13.0. The van der Waals surface area contributed by atoms with Crippen molar-refractivity contribution in [1.29, 1.82) is 0 Å². The first kappa shape index (κ1) is 19.5. The minimum absolute atomic E-state index is 0.